The lowest BCUT2D eigenvalue weighted by atomic mass is 10.1. The molecule has 2 rings (SSSR count). The molecular formula is C16H17ClFNO2. The van der Waals surface area contributed by atoms with Crippen molar-refractivity contribution in [3.8, 4) is 11.5 Å². The van der Waals surface area contributed by atoms with Crippen molar-refractivity contribution in [3.05, 3.63) is 52.8 Å². The SMILES string of the molecule is COc1ccc(C(C)Nc2cc(OC)ccc2Cl)c(F)c1. The standard InChI is InChI=1S/C16H17ClFNO2/c1-10(13-6-4-11(20-2)8-15(13)18)19-16-9-12(21-3)5-7-14(16)17/h4-10,19H,1-3H3. The number of anilines is 1. The van der Waals surface area contributed by atoms with Crippen LogP contribution in [0.2, 0.25) is 5.02 Å². The number of hydrogen-bond donors (Lipinski definition) is 1. The molecule has 3 nitrogen and oxygen atoms in total. The molecule has 0 fully saturated rings. The Morgan fingerprint density at radius 2 is 1.67 bits per heavy atom. The van der Waals surface area contributed by atoms with E-state index in [0.717, 1.165) is 0 Å². The molecule has 5 heteroatoms. The zero-order valence-electron chi connectivity index (χ0n) is 12.1. The van der Waals surface area contributed by atoms with Crippen LogP contribution in [-0.4, -0.2) is 14.2 Å². The molecule has 0 spiro atoms. The summed E-state index contributed by atoms with van der Waals surface area (Å²) in [5, 5.41) is 3.74. The summed E-state index contributed by atoms with van der Waals surface area (Å²) in [4.78, 5) is 0. The lowest BCUT2D eigenvalue weighted by molar-refractivity contribution is 0.410. The molecule has 0 radical (unpaired) electrons. The first-order valence-electron chi connectivity index (χ1n) is 6.48. The highest BCUT2D eigenvalue weighted by molar-refractivity contribution is 6.33. The molecule has 0 heterocycles. The van der Waals surface area contributed by atoms with E-state index in [-0.39, 0.29) is 11.9 Å². The van der Waals surface area contributed by atoms with Crippen molar-refractivity contribution >= 4 is 17.3 Å². The highest BCUT2D eigenvalue weighted by Gasteiger charge is 2.13. The second-order valence-corrected chi connectivity index (χ2v) is 5.01. The van der Waals surface area contributed by atoms with Gasteiger partial charge in [-0.25, -0.2) is 4.39 Å². The van der Waals surface area contributed by atoms with Crippen molar-refractivity contribution in [1.29, 1.82) is 0 Å². The van der Waals surface area contributed by atoms with Gasteiger partial charge in [-0.15, -0.1) is 0 Å². The molecule has 0 aliphatic carbocycles. The van der Waals surface area contributed by atoms with E-state index in [0.29, 0.717) is 27.8 Å². The van der Waals surface area contributed by atoms with Crippen LogP contribution in [0.25, 0.3) is 0 Å². The van der Waals surface area contributed by atoms with Gasteiger partial charge in [0.15, 0.2) is 0 Å². The zero-order chi connectivity index (χ0) is 15.4. The van der Waals surface area contributed by atoms with Gasteiger partial charge in [-0.2, -0.15) is 0 Å². The van der Waals surface area contributed by atoms with Gasteiger partial charge in [0.25, 0.3) is 0 Å². The minimum atomic E-state index is -0.326. The van der Waals surface area contributed by atoms with Crippen molar-refractivity contribution in [2.45, 2.75) is 13.0 Å². The van der Waals surface area contributed by atoms with Crippen LogP contribution in [0.5, 0.6) is 11.5 Å². The number of nitrogens with one attached hydrogen (secondary N) is 1. The first kappa shape index (κ1) is 15.4. The van der Waals surface area contributed by atoms with Crippen LogP contribution in [0.15, 0.2) is 36.4 Å². The largest absolute Gasteiger partial charge is 0.497 e. The van der Waals surface area contributed by atoms with Crippen molar-refractivity contribution in [2.75, 3.05) is 19.5 Å². The third-order valence-corrected chi connectivity index (χ3v) is 3.55. The maximum atomic E-state index is 14.1. The number of hydrogen-bond acceptors (Lipinski definition) is 3. The van der Waals surface area contributed by atoms with E-state index < -0.39 is 0 Å². The van der Waals surface area contributed by atoms with Gasteiger partial charge in [0, 0.05) is 17.7 Å². The first-order valence-corrected chi connectivity index (χ1v) is 6.86. The summed E-state index contributed by atoms with van der Waals surface area (Å²) in [5.41, 5.74) is 1.23. The maximum absolute atomic E-state index is 14.1. The predicted octanol–water partition coefficient (Wildman–Crippen LogP) is 4.67. The number of ether oxygens (including phenoxy) is 2. The molecule has 0 aromatic heterocycles. The Labute approximate surface area is 128 Å². The Kier molecular flexibility index (Phi) is 4.91. The molecule has 0 bridgehead atoms. The molecule has 1 unspecified atom stereocenters. The topological polar surface area (TPSA) is 30.5 Å². The molecule has 0 amide bonds. The third kappa shape index (κ3) is 3.58. The lowest BCUT2D eigenvalue weighted by Crippen LogP contribution is -2.09. The van der Waals surface area contributed by atoms with Gasteiger partial charge in [0.05, 0.1) is 31.0 Å². The molecule has 2 aromatic carbocycles. The lowest BCUT2D eigenvalue weighted by Gasteiger charge is -2.18. The summed E-state index contributed by atoms with van der Waals surface area (Å²) < 4.78 is 24.2. The molecule has 0 aliphatic rings. The normalized spacial score (nSPS) is 11.9. The van der Waals surface area contributed by atoms with Crippen LogP contribution in [0.3, 0.4) is 0 Å². The average molecular weight is 310 g/mol. The third-order valence-electron chi connectivity index (χ3n) is 3.22. The van der Waals surface area contributed by atoms with Gasteiger partial charge in [-0.3, -0.25) is 0 Å². The second-order valence-electron chi connectivity index (χ2n) is 4.60. The Morgan fingerprint density at radius 1 is 1.05 bits per heavy atom. The minimum Gasteiger partial charge on any atom is -0.497 e. The summed E-state index contributed by atoms with van der Waals surface area (Å²) in [6.07, 6.45) is 0. The molecule has 1 N–H and O–H groups in total. The van der Waals surface area contributed by atoms with Crippen LogP contribution in [-0.2, 0) is 0 Å². The maximum Gasteiger partial charge on any atom is 0.132 e. The van der Waals surface area contributed by atoms with E-state index in [4.69, 9.17) is 21.1 Å². The monoisotopic (exact) mass is 309 g/mol. The Morgan fingerprint density at radius 3 is 2.29 bits per heavy atom. The van der Waals surface area contributed by atoms with E-state index >= 15 is 0 Å². The number of methoxy groups -OCH3 is 2. The predicted molar refractivity (Wildman–Crippen MR) is 83.0 cm³/mol. The quantitative estimate of drug-likeness (QED) is 0.870. The van der Waals surface area contributed by atoms with E-state index in [1.807, 2.05) is 6.92 Å². The van der Waals surface area contributed by atoms with Gasteiger partial charge in [-0.05, 0) is 25.1 Å². The molecule has 0 saturated carbocycles. The van der Waals surface area contributed by atoms with Crippen molar-refractivity contribution < 1.29 is 13.9 Å². The number of benzene rings is 2. The van der Waals surface area contributed by atoms with E-state index in [1.54, 1.807) is 37.4 Å². The van der Waals surface area contributed by atoms with Gasteiger partial charge >= 0.3 is 0 Å². The van der Waals surface area contributed by atoms with Gasteiger partial charge in [0.1, 0.15) is 17.3 Å². The Balaban J connectivity index is 2.23. The van der Waals surface area contributed by atoms with Crippen LogP contribution < -0.4 is 14.8 Å². The minimum absolute atomic E-state index is 0.250. The highest BCUT2D eigenvalue weighted by atomic mass is 35.5. The van der Waals surface area contributed by atoms with Crippen LogP contribution in [0.1, 0.15) is 18.5 Å². The molecule has 1 atom stereocenters. The molecule has 112 valence electrons. The van der Waals surface area contributed by atoms with Crippen molar-refractivity contribution in [1.82, 2.24) is 0 Å². The summed E-state index contributed by atoms with van der Waals surface area (Å²) >= 11 is 6.14. The molecular weight excluding hydrogens is 293 g/mol. The van der Waals surface area contributed by atoms with Gasteiger partial charge in [0.2, 0.25) is 0 Å². The van der Waals surface area contributed by atoms with E-state index in [1.165, 1.54) is 13.2 Å². The fraction of sp³-hybridized carbons (Fsp3) is 0.250. The Hall–Kier alpha value is -1.94. The fourth-order valence-electron chi connectivity index (χ4n) is 2.04. The zero-order valence-corrected chi connectivity index (χ0v) is 12.9. The van der Waals surface area contributed by atoms with Crippen molar-refractivity contribution in [2.24, 2.45) is 0 Å². The van der Waals surface area contributed by atoms with Gasteiger partial charge < -0.3 is 14.8 Å². The fourth-order valence-corrected chi connectivity index (χ4v) is 2.21. The average Bonchev–Trinajstić information content (AvgIpc) is 2.49. The molecule has 2 aromatic rings. The van der Waals surface area contributed by atoms with Crippen molar-refractivity contribution in [3.63, 3.8) is 0 Å². The Bertz CT molecular complexity index is 634. The van der Waals surface area contributed by atoms with E-state index in [9.17, 15) is 4.39 Å². The summed E-state index contributed by atoms with van der Waals surface area (Å²) in [5.74, 6) is 0.848. The molecule has 0 aliphatic heterocycles. The first-order chi connectivity index (χ1) is 10.0. The summed E-state index contributed by atoms with van der Waals surface area (Å²) in [6.45, 7) is 1.86. The number of rotatable bonds is 5. The molecule has 0 saturated heterocycles. The second kappa shape index (κ2) is 6.68. The van der Waals surface area contributed by atoms with Crippen LogP contribution >= 0.6 is 11.6 Å². The number of halogens is 2. The van der Waals surface area contributed by atoms with Crippen LogP contribution in [0.4, 0.5) is 10.1 Å². The van der Waals surface area contributed by atoms with Gasteiger partial charge in [-0.1, -0.05) is 17.7 Å². The van der Waals surface area contributed by atoms with Crippen LogP contribution in [0, 0.1) is 5.82 Å². The summed E-state index contributed by atoms with van der Waals surface area (Å²) in [7, 11) is 3.09. The molecule has 21 heavy (non-hydrogen) atoms. The summed E-state index contributed by atoms with van der Waals surface area (Å²) in [6, 6.07) is 9.82. The van der Waals surface area contributed by atoms with E-state index in [2.05, 4.69) is 5.32 Å². The highest BCUT2D eigenvalue weighted by Crippen LogP contribution is 2.31. The smallest absolute Gasteiger partial charge is 0.132 e.